The van der Waals surface area contributed by atoms with Crippen LogP contribution in [0.4, 0.5) is 18.9 Å². The molecular formula is C12H15F3N2O2. The van der Waals surface area contributed by atoms with E-state index in [1.54, 1.807) is 13.8 Å². The van der Waals surface area contributed by atoms with Crippen molar-refractivity contribution in [2.45, 2.75) is 32.0 Å². The molecular weight excluding hydrogens is 261 g/mol. The molecule has 0 bridgehead atoms. The second kappa shape index (κ2) is 5.08. The molecule has 0 saturated heterocycles. The third kappa shape index (κ3) is 4.78. The van der Waals surface area contributed by atoms with Crippen LogP contribution in [0.25, 0.3) is 0 Å². The molecule has 0 spiro atoms. The van der Waals surface area contributed by atoms with E-state index in [1.165, 1.54) is 0 Å². The van der Waals surface area contributed by atoms with Gasteiger partial charge >= 0.3 is 6.18 Å². The van der Waals surface area contributed by atoms with Gasteiger partial charge < -0.3 is 16.2 Å². The minimum absolute atomic E-state index is 0.0807. The molecule has 4 nitrogen and oxygen atoms in total. The van der Waals surface area contributed by atoms with E-state index in [0.29, 0.717) is 6.07 Å². The summed E-state index contributed by atoms with van der Waals surface area (Å²) in [5.74, 6) is -1.00. The second-order valence-corrected chi connectivity index (χ2v) is 4.94. The zero-order valence-electron chi connectivity index (χ0n) is 10.5. The molecule has 0 saturated carbocycles. The number of carbonyl (C=O) groups is 1. The summed E-state index contributed by atoms with van der Waals surface area (Å²) in [7, 11) is 0. The smallest absolute Gasteiger partial charge is 0.416 e. The molecule has 0 heterocycles. The van der Waals surface area contributed by atoms with E-state index >= 15 is 0 Å². The van der Waals surface area contributed by atoms with Crippen molar-refractivity contribution >= 4 is 11.6 Å². The number of benzene rings is 1. The highest BCUT2D eigenvalue weighted by molar-refractivity contribution is 5.93. The van der Waals surface area contributed by atoms with Gasteiger partial charge in [0.15, 0.2) is 0 Å². The van der Waals surface area contributed by atoms with Gasteiger partial charge in [-0.1, -0.05) is 0 Å². The number of phenolic OH excluding ortho intramolecular Hbond substituents is 1. The number of nitrogens with one attached hydrogen (secondary N) is 1. The lowest BCUT2D eigenvalue weighted by molar-refractivity contribution is -0.137. The Hall–Kier alpha value is -1.76. The molecule has 4 N–H and O–H groups in total. The largest absolute Gasteiger partial charge is 0.506 e. The molecule has 0 fully saturated rings. The van der Waals surface area contributed by atoms with Crippen LogP contribution in [0.5, 0.6) is 5.75 Å². The molecule has 1 amide bonds. The van der Waals surface area contributed by atoms with E-state index < -0.39 is 28.9 Å². The molecule has 0 unspecified atom stereocenters. The van der Waals surface area contributed by atoms with Crippen molar-refractivity contribution in [1.82, 2.24) is 0 Å². The minimum Gasteiger partial charge on any atom is -0.506 e. The molecule has 1 rings (SSSR count). The highest BCUT2D eigenvalue weighted by atomic mass is 19.4. The Morgan fingerprint density at radius 3 is 2.42 bits per heavy atom. The first-order valence-electron chi connectivity index (χ1n) is 5.48. The van der Waals surface area contributed by atoms with Crippen molar-refractivity contribution in [2.24, 2.45) is 5.73 Å². The summed E-state index contributed by atoms with van der Waals surface area (Å²) in [4.78, 5) is 11.6. The quantitative estimate of drug-likeness (QED) is 0.742. The number of anilines is 1. The summed E-state index contributed by atoms with van der Waals surface area (Å²) in [5, 5.41) is 11.6. The first kappa shape index (κ1) is 15.3. The summed E-state index contributed by atoms with van der Waals surface area (Å²) >= 11 is 0. The lowest BCUT2D eigenvalue weighted by Gasteiger charge is -2.18. The van der Waals surface area contributed by atoms with Gasteiger partial charge in [-0.2, -0.15) is 13.2 Å². The van der Waals surface area contributed by atoms with Crippen LogP contribution in [0.15, 0.2) is 18.2 Å². The molecule has 0 atom stereocenters. The number of hydrogen-bond acceptors (Lipinski definition) is 3. The Bertz CT molecular complexity index is 479. The van der Waals surface area contributed by atoms with Crippen LogP contribution in [-0.2, 0) is 11.0 Å². The van der Waals surface area contributed by atoms with Gasteiger partial charge in [0.25, 0.3) is 0 Å². The SMILES string of the molecule is CC(C)(N)CC(=O)Nc1cc(C(F)(F)F)ccc1O. The van der Waals surface area contributed by atoms with Gasteiger partial charge in [-0.25, -0.2) is 0 Å². The number of amides is 1. The number of rotatable bonds is 3. The maximum atomic E-state index is 12.5. The minimum atomic E-state index is -4.54. The van der Waals surface area contributed by atoms with Gasteiger partial charge in [0.1, 0.15) is 5.75 Å². The molecule has 106 valence electrons. The lowest BCUT2D eigenvalue weighted by Crippen LogP contribution is -2.36. The number of halogens is 3. The van der Waals surface area contributed by atoms with E-state index in [1.807, 2.05) is 0 Å². The Morgan fingerprint density at radius 1 is 1.37 bits per heavy atom. The summed E-state index contributed by atoms with van der Waals surface area (Å²) in [6, 6.07) is 2.29. The number of alkyl halides is 3. The Balaban J connectivity index is 2.92. The van der Waals surface area contributed by atoms with Crippen molar-refractivity contribution in [3.05, 3.63) is 23.8 Å². The molecule has 1 aromatic carbocycles. The van der Waals surface area contributed by atoms with E-state index in [0.717, 1.165) is 12.1 Å². The third-order valence-electron chi connectivity index (χ3n) is 2.21. The van der Waals surface area contributed by atoms with Crippen molar-refractivity contribution < 1.29 is 23.1 Å². The Kier molecular flexibility index (Phi) is 4.09. The van der Waals surface area contributed by atoms with Gasteiger partial charge in [-0.15, -0.1) is 0 Å². The lowest BCUT2D eigenvalue weighted by atomic mass is 10.0. The highest BCUT2D eigenvalue weighted by Gasteiger charge is 2.31. The monoisotopic (exact) mass is 276 g/mol. The van der Waals surface area contributed by atoms with Gasteiger partial charge in [-0.05, 0) is 32.0 Å². The van der Waals surface area contributed by atoms with E-state index in [4.69, 9.17) is 5.73 Å². The number of aromatic hydroxyl groups is 1. The fraction of sp³-hybridized carbons (Fsp3) is 0.417. The molecule has 0 aliphatic carbocycles. The summed E-state index contributed by atoms with van der Waals surface area (Å²) < 4.78 is 37.5. The average molecular weight is 276 g/mol. The number of nitrogens with two attached hydrogens (primary N) is 1. The molecule has 0 aromatic heterocycles. The first-order chi connectivity index (χ1) is 8.49. The summed E-state index contributed by atoms with van der Waals surface area (Å²) in [5.41, 5.74) is 3.59. The van der Waals surface area contributed by atoms with Crippen molar-refractivity contribution in [2.75, 3.05) is 5.32 Å². The molecule has 1 aromatic rings. The van der Waals surface area contributed by atoms with Gasteiger partial charge in [0.2, 0.25) is 5.91 Å². The summed E-state index contributed by atoms with van der Waals surface area (Å²) in [6.45, 7) is 3.22. The van der Waals surface area contributed by atoms with Crippen LogP contribution in [0.1, 0.15) is 25.8 Å². The standard InChI is InChI=1S/C12H15F3N2O2/c1-11(2,16)6-10(19)17-8-5-7(12(13,14)15)3-4-9(8)18/h3-5,18H,6,16H2,1-2H3,(H,17,19). The van der Waals surface area contributed by atoms with Crippen molar-refractivity contribution in [1.29, 1.82) is 0 Å². The molecule has 19 heavy (non-hydrogen) atoms. The normalized spacial score (nSPS) is 12.3. The van der Waals surface area contributed by atoms with Crippen LogP contribution in [0.2, 0.25) is 0 Å². The Morgan fingerprint density at radius 2 is 1.95 bits per heavy atom. The van der Waals surface area contributed by atoms with Crippen LogP contribution in [-0.4, -0.2) is 16.6 Å². The average Bonchev–Trinajstić information content (AvgIpc) is 2.16. The van der Waals surface area contributed by atoms with Crippen LogP contribution in [0, 0.1) is 0 Å². The number of hydrogen-bond donors (Lipinski definition) is 3. The van der Waals surface area contributed by atoms with Crippen LogP contribution < -0.4 is 11.1 Å². The topological polar surface area (TPSA) is 75.4 Å². The van der Waals surface area contributed by atoms with Crippen molar-refractivity contribution in [3.63, 3.8) is 0 Å². The second-order valence-electron chi connectivity index (χ2n) is 4.94. The predicted octanol–water partition coefficient (Wildman–Crippen LogP) is 2.48. The fourth-order valence-electron chi connectivity index (χ4n) is 1.42. The zero-order chi connectivity index (χ0) is 14.8. The molecule has 0 aliphatic rings. The van der Waals surface area contributed by atoms with E-state index in [-0.39, 0.29) is 12.1 Å². The maximum absolute atomic E-state index is 12.5. The van der Waals surface area contributed by atoms with Crippen LogP contribution >= 0.6 is 0 Å². The molecule has 0 radical (unpaired) electrons. The van der Waals surface area contributed by atoms with E-state index in [2.05, 4.69) is 5.32 Å². The van der Waals surface area contributed by atoms with E-state index in [9.17, 15) is 23.1 Å². The van der Waals surface area contributed by atoms with Crippen molar-refractivity contribution in [3.8, 4) is 5.75 Å². The van der Waals surface area contributed by atoms with Gasteiger partial charge in [0, 0.05) is 12.0 Å². The maximum Gasteiger partial charge on any atom is 0.416 e. The van der Waals surface area contributed by atoms with Crippen LogP contribution in [0.3, 0.4) is 0 Å². The highest BCUT2D eigenvalue weighted by Crippen LogP contribution is 2.34. The van der Waals surface area contributed by atoms with Gasteiger partial charge in [0.05, 0.1) is 11.3 Å². The number of carbonyl (C=O) groups excluding carboxylic acids is 1. The zero-order valence-corrected chi connectivity index (χ0v) is 10.5. The van der Waals surface area contributed by atoms with Gasteiger partial charge in [-0.3, -0.25) is 4.79 Å². The molecule has 0 aliphatic heterocycles. The predicted molar refractivity (Wildman–Crippen MR) is 64.6 cm³/mol. The number of phenols is 1. The third-order valence-corrected chi connectivity index (χ3v) is 2.21. The first-order valence-corrected chi connectivity index (χ1v) is 5.48. The fourth-order valence-corrected chi connectivity index (χ4v) is 1.42. The molecule has 7 heteroatoms. The Labute approximate surface area is 108 Å². The summed E-state index contributed by atoms with van der Waals surface area (Å²) in [6.07, 6.45) is -4.62.